The third-order valence-corrected chi connectivity index (χ3v) is 2.03. The second-order valence-corrected chi connectivity index (χ2v) is 3.10. The summed E-state index contributed by atoms with van der Waals surface area (Å²) in [4.78, 5) is 0. The average molecular weight is 198 g/mol. The lowest BCUT2D eigenvalue weighted by molar-refractivity contribution is -0.0153. The maximum absolute atomic E-state index is 9.52. The fourth-order valence-electron chi connectivity index (χ4n) is 1.20. The van der Waals surface area contributed by atoms with Crippen molar-refractivity contribution in [1.82, 2.24) is 0 Å². The Balaban J connectivity index is 2.83. The van der Waals surface area contributed by atoms with Gasteiger partial charge in [0.15, 0.2) is 0 Å². The molecule has 2 unspecified atom stereocenters. The van der Waals surface area contributed by atoms with Crippen molar-refractivity contribution in [3.8, 4) is 0 Å². The molecule has 0 aliphatic carbocycles. The van der Waals surface area contributed by atoms with E-state index in [0.29, 0.717) is 11.1 Å². The summed E-state index contributed by atoms with van der Waals surface area (Å²) in [5.41, 5.74) is 1.14. The summed E-state index contributed by atoms with van der Waals surface area (Å²) < 4.78 is 0. The maximum Gasteiger partial charge on any atom is 0.107 e. The molecule has 0 aliphatic rings. The lowest BCUT2D eigenvalue weighted by Gasteiger charge is -2.16. The zero-order valence-corrected chi connectivity index (χ0v) is 7.67. The van der Waals surface area contributed by atoms with E-state index in [1.807, 2.05) is 0 Å². The summed E-state index contributed by atoms with van der Waals surface area (Å²) in [6.45, 7) is -0.611. The zero-order chi connectivity index (χ0) is 10.6. The van der Waals surface area contributed by atoms with Gasteiger partial charge in [-0.2, -0.15) is 0 Å². The lowest BCUT2D eigenvalue weighted by Crippen LogP contribution is -2.22. The molecule has 0 aromatic heterocycles. The van der Waals surface area contributed by atoms with Crippen molar-refractivity contribution in [2.24, 2.45) is 0 Å². The first-order valence-corrected chi connectivity index (χ1v) is 4.35. The Labute approximate surface area is 82.1 Å². The summed E-state index contributed by atoms with van der Waals surface area (Å²) in [6.07, 6.45) is -2.31. The van der Waals surface area contributed by atoms with Crippen LogP contribution in [0.15, 0.2) is 24.3 Å². The van der Waals surface area contributed by atoms with Crippen LogP contribution in [0, 0.1) is 0 Å². The third-order valence-electron chi connectivity index (χ3n) is 2.03. The van der Waals surface area contributed by atoms with Gasteiger partial charge >= 0.3 is 0 Å². The van der Waals surface area contributed by atoms with Crippen molar-refractivity contribution in [3.05, 3.63) is 35.4 Å². The maximum atomic E-state index is 9.52. The van der Waals surface area contributed by atoms with Gasteiger partial charge in [0.05, 0.1) is 13.2 Å². The van der Waals surface area contributed by atoms with Gasteiger partial charge in [0.25, 0.3) is 0 Å². The number of aliphatic hydroxyl groups excluding tert-OH is 4. The Hall–Kier alpha value is -0.940. The highest BCUT2D eigenvalue weighted by Gasteiger charge is 2.17. The van der Waals surface area contributed by atoms with Gasteiger partial charge in [-0.3, -0.25) is 0 Å². The lowest BCUT2D eigenvalue weighted by atomic mass is 10.0. The summed E-state index contributed by atoms with van der Waals surface area (Å²) in [5, 5.41) is 36.2. The van der Waals surface area contributed by atoms with Crippen LogP contribution in [0.1, 0.15) is 17.2 Å². The van der Waals surface area contributed by atoms with Gasteiger partial charge in [0, 0.05) is 0 Å². The Bertz CT molecular complexity index is 287. The quantitative estimate of drug-likeness (QED) is 0.529. The van der Waals surface area contributed by atoms with Crippen molar-refractivity contribution < 1.29 is 20.4 Å². The molecule has 0 radical (unpaired) electrons. The molecule has 0 saturated carbocycles. The minimum Gasteiger partial charge on any atom is -0.394 e. The van der Waals surface area contributed by atoms with E-state index in [4.69, 9.17) is 10.2 Å². The van der Waals surface area contributed by atoms with Crippen LogP contribution in [-0.2, 0) is 6.61 Å². The number of hydrogen-bond donors (Lipinski definition) is 4. The molecule has 0 saturated heterocycles. The van der Waals surface area contributed by atoms with E-state index in [0.717, 1.165) is 0 Å². The second kappa shape index (κ2) is 5.07. The molecule has 0 amide bonds. The number of hydrogen-bond acceptors (Lipinski definition) is 4. The molecule has 0 spiro atoms. The van der Waals surface area contributed by atoms with Crippen LogP contribution < -0.4 is 0 Å². The average Bonchev–Trinajstić information content (AvgIpc) is 2.27. The molecule has 2 atom stereocenters. The smallest absolute Gasteiger partial charge is 0.107 e. The molecule has 0 fully saturated rings. The Morgan fingerprint density at radius 1 is 1.14 bits per heavy atom. The van der Waals surface area contributed by atoms with Crippen LogP contribution in [-0.4, -0.2) is 33.1 Å². The molecule has 4 heteroatoms. The Morgan fingerprint density at radius 2 is 1.86 bits per heavy atom. The normalized spacial score (nSPS) is 15.1. The van der Waals surface area contributed by atoms with Gasteiger partial charge in [-0.1, -0.05) is 24.3 Å². The molecule has 14 heavy (non-hydrogen) atoms. The van der Waals surface area contributed by atoms with Crippen molar-refractivity contribution in [3.63, 3.8) is 0 Å². The van der Waals surface area contributed by atoms with Crippen LogP contribution in [0.25, 0.3) is 0 Å². The molecule has 1 aromatic carbocycles. The van der Waals surface area contributed by atoms with Crippen LogP contribution in [0.3, 0.4) is 0 Å². The monoisotopic (exact) mass is 198 g/mol. The van der Waals surface area contributed by atoms with Crippen molar-refractivity contribution in [2.75, 3.05) is 6.61 Å². The topological polar surface area (TPSA) is 80.9 Å². The van der Waals surface area contributed by atoms with E-state index in [9.17, 15) is 10.2 Å². The minimum atomic E-state index is -1.19. The molecule has 0 bridgehead atoms. The minimum absolute atomic E-state index is 0.115. The summed E-state index contributed by atoms with van der Waals surface area (Å²) in [7, 11) is 0. The Morgan fingerprint density at radius 3 is 2.43 bits per heavy atom. The molecule has 0 aliphatic heterocycles. The Kier molecular flexibility index (Phi) is 4.03. The SMILES string of the molecule is OCc1cccc(C(O)C(O)CO)c1. The molecule has 1 aromatic rings. The number of aliphatic hydroxyl groups is 4. The van der Waals surface area contributed by atoms with Gasteiger partial charge in [0.2, 0.25) is 0 Å². The first kappa shape index (κ1) is 11.1. The van der Waals surface area contributed by atoms with Crippen molar-refractivity contribution >= 4 is 0 Å². The standard InChI is InChI=1S/C10H14O4/c11-5-7-2-1-3-8(4-7)10(14)9(13)6-12/h1-4,9-14H,5-6H2. The van der Waals surface area contributed by atoms with E-state index in [1.54, 1.807) is 24.3 Å². The van der Waals surface area contributed by atoms with Gasteiger partial charge in [-0.25, -0.2) is 0 Å². The fourth-order valence-corrected chi connectivity index (χ4v) is 1.20. The van der Waals surface area contributed by atoms with Gasteiger partial charge in [-0.05, 0) is 11.1 Å². The number of rotatable bonds is 4. The van der Waals surface area contributed by atoms with E-state index in [1.165, 1.54) is 0 Å². The molecular formula is C10H14O4. The molecule has 4 N–H and O–H groups in total. The number of benzene rings is 1. The summed E-state index contributed by atoms with van der Waals surface area (Å²) in [5.74, 6) is 0. The van der Waals surface area contributed by atoms with Crippen LogP contribution in [0.4, 0.5) is 0 Å². The molecule has 78 valence electrons. The molecule has 0 heterocycles. The highest BCUT2D eigenvalue weighted by molar-refractivity contribution is 5.25. The largest absolute Gasteiger partial charge is 0.394 e. The summed E-state index contributed by atoms with van der Waals surface area (Å²) >= 11 is 0. The van der Waals surface area contributed by atoms with E-state index in [-0.39, 0.29) is 6.61 Å². The van der Waals surface area contributed by atoms with Gasteiger partial charge in [0.1, 0.15) is 12.2 Å². The second-order valence-electron chi connectivity index (χ2n) is 3.10. The van der Waals surface area contributed by atoms with Gasteiger partial charge in [-0.15, -0.1) is 0 Å². The third kappa shape index (κ3) is 2.52. The van der Waals surface area contributed by atoms with Crippen molar-refractivity contribution in [2.45, 2.75) is 18.8 Å². The summed E-state index contributed by atoms with van der Waals surface area (Å²) in [6, 6.07) is 6.60. The van der Waals surface area contributed by atoms with Gasteiger partial charge < -0.3 is 20.4 Å². The molecule has 1 rings (SSSR count). The van der Waals surface area contributed by atoms with Crippen LogP contribution >= 0.6 is 0 Å². The predicted molar refractivity (Wildman–Crippen MR) is 50.4 cm³/mol. The fraction of sp³-hybridized carbons (Fsp3) is 0.400. The predicted octanol–water partition coefficient (Wildman–Crippen LogP) is -0.434. The van der Waals surface area contributed by atoms with Crippen LogP contribution in [0.2, 0.25) is 0 Å². The zero-order valence-electron chi connectivity index (χ0n) is 7.67. The van der Waals surface area contributed by atoms with E-state index in [2.05, 4.69) is 0 Å². The first-order chi connectivity index (χ1) is 6.69. The molecule has 4 nitrogen and oxygen atoms in total. The molecular weight excluding hydrogens is 184 g/mol. The van der Waals surface area contributed by atoms with E-state index >= 15 is 0 Å². The van der Waals surface area contributed by atoms with E-state index < -0.39 is 18.8 Å². The highest BCUT2D eigenvalue weighted by Crippen LogP contribution is 2.17. The first-order valence-electron chi connectivity index (χ1n) is 4.35. The van der Waals surface area contributed by atoms with Crippen LogP contribution in [0.5, 0.6) is 0 Å². The van der Waals surface area contributed by atoms with Crippen molar-refractivity contribution in [1.29, 1.82) is 0 Å². The highest BCUT2D eigenvalue weighted by atomic mass is 16.4.